The Kier molecular flexibility index (Phi) is 3.72. The molecule has 1 saturated heterocycles. The maximum absolute atomic E-state index is 12.3. The molecule has 1 amide bonds. The number of ether oxygens (including phenoxy) is 2. The number of amides is 1. The predicted octanol–water partition coefficient (Wildman–Crippen LogP) is 1.26. The molecule has 18 heavy (non-hydrogen) atoms. The van der Waals surface area contributed by atoms with Crippen LogP contribution in [0.15, 0.2) is 18.2 Å². The van der Waals surface area contributed by atoms with Gasteiger partial charge in [-0.25, -0.2) is 0 Å². The summed E-state index contributed by atoms with van der Waals surface area (Å²) in [5.74, 6) is 0.295. The highest BCUT2D eigenvalue weighted by atomic mass is 16.5. The van der Waals surface area contributed by atoms with E-state index in [9.17, 15) is 9.90 Å². The van der Waals surface area contributed by atoms with Crippen LogP contribution in [0.3, 0.4) is 0 Å². The lowest BCUT2D eigenvalue weighted by Crippen LogP contribution is -2.47. The fraction of sp³-hybridized carbons (Fsp3) is 0.462. The second-order valence-corrected chi connectivity index (χ2v) is 4.31. The van der Waals surface area contributed by atoms with E-state index in [2.05, 4.69) is 0 Å². The Hall–Kier alpha value is -1.75. The number of nitrogens with zero attached hydrogens (tertiary/aromatic N) is 1. The summed E-state index contributed by atoms with van der Waals surface area (Å²) in [4.78, 5) is 14.0. The molecule has 1 N–H and O–H groups in total. The zero-order valence-corrected chi connectivity index (χ0v) is 10.5. The molecule has 1 aromatic rings. The molecule has 1 aliphatic heterocycles. The van der Waals surface area contributed by atoms with Crippen molar-refractivity contribution in [3.8, 4) is 11.5 Å². The molecule has 1 unspecified atom stereocenters. The zero-order valence-electron chi connectivity index (χ0n) is 10.5. The third-order valence-electron chi connectivity index (χ3n) is 3.06. The highest BCUT2D eigenvalue weighted by molar-refractivity contribution is 5.97. The van der Waals surface area contributed by atoms with E-state index >= 15 is 0 Å². The monoisotopic (exact) mass is 251 g/mol. The normalized spacial score (nSPS) is 19.7. The van der Waals surface area contributed by atoms with Gasteiger partial charge in [-0.15, -0.1) is 0 Å². The van der Waals surface area contributed by atoms with Crippen LogP contribution in [0.4, 0.5) is 0 Å². The van der Waals surface area contributed by atoms with Crippen LogP contribution in [0.5, 0.6) is 11.5 Å². The lowest BCUT2D eigenvalue weighted by molar-refractivity contribution is 0.00345. The number of phenolic OH excluding ortho intramolecular Hbond substituents is 1. The second-order valence-electron chi connectivity index (χ2n) is 4.31. The number of benzene rings is 1. The third kappa shape index (κ3) is 2.41. The molecular weight excluding hydrogens is 234 g/mol. The minimum atomic E-state index is -0.175. The third-order valence-corrected chi connectivity index (χ3v) is 3.06. The van der Waals surface area contributed by atoms with E-state index in [1.807, 2.05) is 6.92 Å². The van der Waals surface area contributed by atoms with Crippen molar-refractivity contribution < 1.29 is 19.4 Å². The number of hydrogen-bond donors (Lipinski definition) is 1. The van der Waals surface area contributed by atoms with E-state index in [-0.39, 0.29) is 17.7 Å². The molecule has 98 valence electrons. The van der Waals surface area contributed by atoms with Gasteiger partial charge in [0, 0.05) is 12.6 Å². The summed E-state index contributed by atoms with van der Waals surface area (Å²) in [7, 11) is 1.51. The van der Waals surface area contributed by atoms with Crippen LogP contribution in [0, 0.1) is 0 Å². The van der Waals surface area contributed by atoms with E-state index in [1.54, 1.807) is 17.0 Å². The Morgan fingerprint density at radius 3 is 2.94 bits per heavy atom. The van der Waals surface area contributed by atoms with Crippen molar-refractivity contribution in [2.45, 2.75) is 13.0 Å². The van der Waals surface area contributed by atoms with Crippen molar-refractivity contribution in [2.24, 2.45) is 0 Å². The quantitative estimate of drug-likeness (QED) is 0.859. The van der Waals surface area contributed by atoms with Gasteiger partial charge in [0.1, 0.15) is 11.5 Å². The maximum atomic E-state index is 12.3. The minimum Gasteiger partial charge on any atom is -0.507 e. The predicted molar refractivity (Wildman–Crippen MR) is 66.0 cm³/mol. The molecule has 1 atom stereocenters. The van der Waals surface area contributed by atoms with Gasteiger partial charge >= 0.3 is 0 Å². The number of hydrogen-bond acceptors (Lipinski definition) is 4. The Labute approximate surface area is 106 Å². The smallest absolute Gasteiger partial charge is 0.258 e. The standard InChI is InChI=1S/C13H17NO4/c1-9-8-18-6-5-14(9)13(16)11-4-3-10(17-2)7-12(11)15/h3-4,7,9,15H,5-6,8H2,1-2H3. The Morgan fingerprint density at radius 1 is 1.56 bits per heavy atom. The van der Waals surface area contributed by atoms with Crippen LogP contribution in [-0.4, -0.2) is 48.8 Å². The minimum absolute atomic E-state index is 0.0211. The van der Waals surface area contributed by atoms with Gasteiger partial charge in [0.2, 0.25) is 0 Å². The van der Waals surface area contributed by atoms with Crippen LogP contribution in [0.2, 0.25) is 0 Å². The van der Waals surface area contributed by atoms with Crippen LogP contribution in [-0.2, 0) is 4.74 Å². The Bertz CT molecular complexity index is 447. The van der Waals surface area contributed by atoms with Gasteiger partial charge in [0.25, 0.3) is 5.91 Å². The fourth-order valence-corrected chi connectivity index (χ4v) is 2.00. The van der Waals surface area contributed by atoms with E-state index in [0.29, 0.717) is 31.1 Å². The van der Waals surface area contributed by atoms with Crippen LogP contribution in [0.1, 0.15) is 17.3 Å². The Balaban J connectivity index is 2.22. The molecular formula is C13H17NO4. The van der Waals surface area contributed by atoms with Crippen molar-refractivity contribution in [3.05, 3.63) is 23.8 Å². The topological polar surface area (TPSA) is 59.0 Å². The van der Waals surface area contributed by atoms with Crippen LogP contribution in [0.25, 0.3) is 0 Å². The summed E-state index contributed by atoms with van der Waals surface area (Å²) in [6.07, 6.45) is 0. The van der Waals surface area contributed by atoms with Crippen molar-refractivity contribution in [2.75, 3.05) is 26.9 Å². The van der Waals surface area contributed by atoms with Gasteiger partial charge in [-0.1, -0.05) is 0 Å². The first-order valence-electron chi connectivity index (χ1n) is 5.89. The maximum Gasteiger partial charge on any atom is 0.258 e. The summed E-state index contributed by atoms with van der Waals surface area (Å²) in [6, 6.07) is 4.71. The van der Waals surface area contributed by atoms with Crippen molar-refractivity contribution in [1.29, 1.82) is 0 Å². The first-order valence-corrected chi connectivity index (χ1v) is 5.89. The van der Waals surface area contributed by atoms with Crippen molar-refractivity contribution >= 4 is 5.91 Å². The summed E-state index contributed by atoms with van der Waals surface area (Å²) in [5, 5.41) is 9.85. The number of phenols is 1. The van der Waals surface area contributed by atoms with E-state index in [0.717, 1.165) is 0 Å². The Morgan fingerprint density at radius 2 is 2.33 bits per heavy atom. The molecule has 2 rings (SSSR count). The molecule has 0 saturated carbocycles. The largest absolute Gasteiger partial charge is 0.507 e. The van der Waals surface area contributed by atoms with Gasteiger partial charge in [0.15, 0.2) is 0 Å². The van der Waals surface area contributed by atoms with Gasteiger partial charge in [-0.3, -0.25) is 4.79 Å². The summed E-state index contributed by atoms with van der Waals surface area (Å²) in [6.45, 7) is 3.54. The lowest BCUT2D eigenvalue weighted by Gasteiger charge is -2.33. The number of aromatic hydroxyl groups is 1. The average Bonchev–Trinajstić information content (AvgIpc) is 2.38. The highest BCUT2D eigenvalue weighted by Crippen LogP contribution is 2.25. The number of methoxy groups -OCH3 is 1. The molecule has 1 heterocycles. The van der Waals surface area contributed by atoms with Crippen molar-refractivity contribution in [1.82, 2.24) is 4.90 Å². The molecule has 5 heteroatoms. The second kappa shape index (κ2) is 5.27. The van der Waals surface area contributed by atoms with Gasteiger partial charge in [-0.05, 0) is 19.1 Å². The summed E-state index contributed by atoms with van der Waals surface area (Å²) in [5.41, 5.74) is 0.296. The molecule has 0 radical (unpaired) electrons. The first kappa shape index (κ1) is 12.7. The molecule has 1 aromatic carbocycles. The summed E-state index contributed by atoms with van der Waals surface area (Å²) < 4.78 is 10.3. The van der Waals surface area contributed by atoms with E-state index in [4.69, 9.17) is 9.47 Å². The highest BCUT2D eigenvalue weighted by Gasteiger charge is 2.26. The van der Waals surface area contributed by atoms with Crippen molar-refractivity contribution in [3.63, 3.8) is 0 Å². The number of carbonyl (C=O) groups is 1. The van der Waals surface area contributed by atoms with E-state index < -0.39 is 0 Å². The average molecular weight is 251 g/mol. The SMILES string of the molecule is COc1ccc(C(=O)N2CCOCC2C)c(O)c1. The first-order chi connectivity index (χ1) is 8.63. The molecule has 0 bridgehead atoms. The zero-order chi connectivity index (χ0) is 13.1. The van der Waals surface area contributed by atoms with Gasteiger partial charge in [0.05, 0.1) is 31.9 Å². The lowest BCUT2D eigenvalue weighted by atomic mass is 10.1. The van der Waals surface area contributed by atoms with E-state index in [1.165, 1.54) is 13.2 Å². The molecule has 1 aliphatic rings. The summed E-state index contributed by atoms with van der Waals surface area (Å²) >= 11 is 0. The number of morpholine rings is 1. The molecule has 1 fully saturated rings. The van der Waals surface area contributed by atoms with Gasteiger partial charge in [-0.2, -0.15) is 0 Å². The molecule has 0 aromatic heterocycles. The molecule has 0 aliphatic carbocycles. The number of carbonyl (C=O) groups excluding carboxylic acids is 1. The van der Waals surface area contributed by atoms with Crippen LogP contribution < -0.4 is 4.74 Å². The van der Waals surface area contributed by atoms with Gasteiger partial charge < -0.3 is 19.5 Å². The molecule has 0 spiro atoms. The van der Waals surface area contributed by atoms with Crippen LogP contribution >= 0.6 is 0 Å². The number of rotatable bonds is 2. The molecule has 5 nitrogen and oxygen atoms in total. The fourth-order valence-electron chi connectivity index (χ4n) is 2.00.